The van der Waals surface area contributed by atoms with Gasteiger partial charge >= 0.3 is 0 Å². The summed E-state index contributed by atoms with van der Waals surface area (Å²) in [5.74, 6) is -0.498. The Hall–Kier alpha value is -1.10. The molecule has 0 aliphatic heterocycles. The van der Waals surface area contributed by atoms with Crippen molar-refractivity contribution in [2.24, 2.45) is 5.73 Å². The van der Waals surface area contributed by atoms with Crippen LogP contribution in [-0.4, -0.2) is 33.6 Å². The molecule has 18 heavy (non-hydrogen) atoms. The molecule has 2 atom stereocenters. The summed E-state index contributed by atoms with van der Waals surface area (Å²) < 4.78 is 1.09. The first-order valence-electron chi connectivity index (χ1n) is 6.06. The van der Waals surface area contributed by atoms with Crippen molar-refractivity contribution in [3.63, 3.8) is 0 Å². The number of nitrogens with zero attached hydrogens (tertiary/aromatic N) is 1. The second-order valence-corrected chi connectivity index (χ2v) is 5.04. The van der Waals surface area contributed by atoms with Gasteiger partial charge in [0.05, 0.1) is 0 Å². The summed E-state index contributed by atoms with van der Waals surface area (Å²) in [5, 5.41) is 9.89. The van der Waals surface area contributed by atoms with E-state index in [1.54, 1.807) is 0 Å². The molecule has 3 N–H and O–H groups in total. The molecule has 0 radical (unpaired) electrons. The van der Waals surface area contributed by atoms with Crippen molar-refractivity contribution in [2.75, 3.05) is 0 Å². The molecule has 1 amide bonds. The van der Waals surface area contributed by atoms with Gasteiger partial charge in [-0.3, -0.25) is 4.79 Å². The van der Waals surface area contributed by atoms with Gasteiger partial charge in [-0.05, 0) is 24.8 Å². The summed E-state index contributed by atoms with van der Waals surface area (Å²) in [6.45, 7) is 0. The number of amides is 1. The van der Waals surface area contributed by atoms with Crippen LogP contribution in [0.3, 0.4) is 0 Å². The predicted octanol–water partition coefficient (Wildman–Crippen LogP) is 1.06. The minimum Gasteiger partial charge on any atom is -0.382 e. The molecule has 1 aliphatic rings. The van der Waals surface area contributed by atoms with Gasteiger partial charge in [0.2, 0.25) is 0 Å². The fourth-order valence-corrected chi connectivity index (χ4v) is 2.08. The zero-order valence-corrected chi connectivity index (χ0v) is 10.8. The minimum absolute atomic E-state index is 0.0674. The molecule has 0 heterocycles. The van der Waals surface area contributed by atoms with Crippen LogP contribution in [0.4, 0.5) is 0 Å². The highest BCUT2D eigenvalue weighted by Crippen LogP contribution is 2.29. The number of hydrogen-bond acceptors (Lipinski definition) is 3. The molecule has 1 aromatic carbocycles. The van der Waals surface area contributed by atoms with Crippen molar-refractivity contribution in [1.82, 2.24) is 4.42 Å². The number of rotatable bonds is 5. The van der Waals surface area contributed by atoms with Gasteiger partial charge in [-0.1, -0.05) is 30.3 Å². The van der Waals surface area contributed by atoms with E-state index in [1.165, 1.54) is 0 Å². The number of aliphatic hydroxyl groups is 1. The first kappa shape index (κ1) is 13.3. The third-order valence-electron chi connectivity index (χ3n) is 3.05. The molecule has 1 fully saturated rings. The lowest BCUT2D eigenvalue weighted by molar-refractivity contribution is -0.136. The summed E-state index contributed by atoms with van der Waals surface area (Å²) in [5.41, 5.74) is 6.84. The molecule has 0 spiro atoms. The predicted molar refractivity (Wildman–Crippen MR) is 69.8 cm³/mol. The van der Waals surface area contributed by atoms with Crippen molar-refractivity contribution in [3.8, 4) is 0 Å². The third kappa shape index (κ3) is 3.22. The molecule has 1 aliphatic carbocycles. The van der Waals surface area contributed by atoms with Gasteiger partial charge < -0.3 is 10.8 Å². The fraction of sp³-hybridized carbons (Fsp3) is 0.462. The Morgan fingerprint density at radius 1 is 1.44 bits per heavy atom. The lowest BCUT2D eigenvalue weighted by atomic mass is 10.0. The average Bonchev–Trinajstić information content (AvgIpc) is 3.21. The van der Waals surface area contributed by atoms with Crippen LogP contribution in [0.1, 0.15) is 18.4 Å². The third-order valence-corrected chi connectivity index (χ3v) is 3.49. The molecule has 98 valence electrons. The first-order valence-corrected chi connectivity index (χ1v) is 6.40. The number of benzene rings is 1. The maximum atomic E-state index is 11.8. The highest BCUT2D eigenvalue weighted by Gasteiger charge is 2.36. The van der Waals surface area contributed by atoms with E-state index < -0.39 is 18.1 Å². The van der Waals surface area contributed by atoms with Gasteiger partial charge in [-0.2, -0.15) is 0 Å². The molecule has 0 bridgehead atoms. The molecule has 2 rings (SSSR count). The maximum absolute atomic E-state index is 11.8. The number of halogens is 1. The van der Waals surface area contributed by atoms with E-state index in [2.05, 4.69) is 0 Å². The van der Waals surface area contributed by atoms with Gasteiger partial charge in [0.25, 0.3) is 5.91 Å². The lowest BCUT2D eigenvalue weighted by Gasteiger charge is -2.22. The van der Waals surface area contributed by atoms with Gasteiger partial charge in [0.1, 0.15) is 6.10 Å². The fourth-order valence-electron chi connectivity index (χ4n) is 1.79. The quantitative estimate of drug-likeness (QED) is 0.785. The second kappa shape index (κ2) is 5.69. The van der Waals surface area contributed by atoms with Crippen LogP contribution in [0, 0.1) is 0 Å². The monoisotopic (exact) mass is 268 g/mol. The van der Waals surface area contributed by atoms with Crippen LogP contribution in [-0.2, 0) is 11.2 Å². The van der Waals surface area contributed by atoms with Crippen LogP contribution in [0.5, 0.6) is 0 Å². The number of carbonyl (C=O) groups excluding carboxylic acids is 1. The maximum Gasteiger partial charge on any atom is 0.267 e. The Labute approximate surface area is 111 Å². The molecule has 1 aromatic rings. The van der Waals surface area contributed by atoms with E-state index in [9.17, 15) is 9.90 Å². The van der Waals surface area contributed by atoms with Gasteiger partial charge in [-0.15, -0.1) is 0 Å². The summed E-state index contributed by atoms with van der Waals surface area (Å²) in [6.07, 6.45) is 0.998. The Morgan fingerprint density at radius 2 is 2.06 bits per heavy atom. The SMILES string of the molecule is N[C@@H](Cc1ccccc1)C(O)C(=O)N(Cl)C1CC1. The standard InChI is InChI=1S/C13H17ClN2O2/c14-16(10-6-7-10)13(18)12(17)11(15)8-9-4-2-1-3-5-9/h1-5,10-12,17H,6-8,15H2/t11-,12?/m0/s1. The Balaban J connectivity index is 1.91. The summed E-state index contributed by atoms with van der Waals surface area (Å²) in [7, 11) is 0. The van der Waals surface area contributed by atoms with Gasteiger partial charge in [0.15, 0.2) is 0 Å². The van der Waals surface area contributed by atoms with Crippen LogP contribution < -0.4 is 5.73 Å². The highest BCUT2D eigenvalue weighted by molar-refractivity contribution is 6.22. The number of aliphatic hydroxyl groups excluding tert-OH is 1. The number of nitrogens with two attached hydrogens (primary N) is 1. The minimum atomic E-state index is -1.25. The largest absolute Gasteiger partial charge is 0.382 e. The highest BCUT2D eigenvalue weighted by atomic mass is 35.5. The average molecular weight is 269 g/mol. The van der Waals surface area contributed by atoms with E-state index in [0.717, 1.165) is 22.8 Å². The second-order valence-electron chi connectivity index (χ2n) is 4.68. The lowest BCUT2D eigenvalue weighted by Crippen LogP contribution is -2.47. The Bertz CT molecular complexity index is 409. The van der Waals surface area contributed by atoms with Crippen molar-refractivity contribution in [1.29, 1.82) is 0 Å². The molecule has 5 heteroatoms. The zero-order chi connectivity index (χ0) is 13.1. The summed E-state index contributed by atoms with van der Waals surface area (Å²) in [6, 6.07) is 8.96. The molecule has 1 unspecified atom stereocenters. The van der Waals surface area contributed by atoms with Gasteiger partial charge in [0, 0.05) is 23.9 Å². The molecular formula is C13H17ClN2O2. The van der Waals surface area contributed by atoms with Crippen LogP contribution in [0.2, 0.25) is 0 Å². The van der Waals surface area contributed by atoms with Crippen molar-refractivity contribution in [2.45, 2.75) is 37.5 Å². The normalized spacial score (nSPS) is 18.2. The van der Waals surface area contributed by atoms with Crippen LogP contribution in [0.15, 0.2) is 30.3 Å². The Kier molecular flexibility index (Phi) is 4.22. The molecule has 0 aromatic heterocycles. The number of hydrogen-bond donors (Lipinski definition) is 2. The van der Waals surface area contributed by atoms with E-state index in [0.29, 0.717) is 6.42 Å². The molecular weight excluding hydrogens is 252 g/mol. The Morgan fingerprint density at radius 3 is 2.61 bits per heavy atom. The number of carbonyl (C=O) groups is 1. The van der Waals surface area contributed by atoms with Crippen LogP contribution >= 0.6 is 11.8 Å². The van der Waals surface area contributed by atoms with Crippen molar-refractivity contribution >= 4 is 17.7 Å². The first-order chi connectivity index (χ1) is 8.59. The van der Waals surface area contributed by atoms with Crippen LogP contribution in [0.25, 0.3) is 0 Å². The topological polar surface area (TPSA) is 66.6 Å². The summed E-state index contributed by atoms with van der Waals surface area (Å²) in [4.78, 5) is 11.8. The van der Waals surface area contributed by atoms with E-state index in [1.807, 2.05) is 30.3 Å². The molecule has 1 saturated carbocycles. The van der Waals surface area contributed by atoms with E-state index in [4.69, 9.17) is 17.5 Å². The smallest absolute Gasteiger partial charge is 0.267 e. The van der Waals surface area contributed by atoms with E-state index >= 15 is 0 Å². The summed E-state index contributed by atoms with van der Waals surface area (Å²) >= 11 is 5.84. The van der Waals surface area contributed by atoms with Gasteiger partial charge in [-0.25, -0.2) is 4.42 Å². The van der Waals surface area contributed by atoms with E-state index in [-0.39, 0.29) is 6.04 Å². The van der Waals surface area contributed by atoms with Crippen molar-refractivity contribution < 1.29 is 9.90 Å². The zero-order valence-electron chi connectivity index (χ0n) is 10.00. The molecule has 0 saturated heterocycles. The van der Waals surface area contributed by atoms with Crippen molar-refractivity contribution in [3.05, 3.63) is 35.9 Å². The molecule has 4 nitrogen and oxygen atoms in total.